The average molecular weight is 433 g/mol. The van der Waals surface area contributed by atoms with Gasteiger partial charge in [0, 0.05) is 18.1 Å². The van der Waals surface area contributed by atoms with E-state index in [1.807, 2.05) is 29.2 Å². The van der Waals surface area contributed by atoms with E-state index in [1.165, 1.54) is 11.3 Å². The highest BCUT2D eigenvalue weighted by atomic mass is 35.5. The topological polar surface area (TPSA) is 75.2 Å². The van der Waals surface area contributed by atoms with Crippen molar-refractivity contribution in [1.82, 2.24) is 15.1 Å². The number of likely N-dealkylation sites (tertiary alicyclic amines) is 1. The van der Waals surface area contributed by atoms with Crippen LogP contribution in [0.5, 0.6) is 0 Å². The number of hydrogen-bond donors (Lipinski definition) is 1. The van der Waals surface area contributed by atoms with E-state index in [0.717, 1.165) is 50.5 Å². The van der Waals surface area contributed by atoms with Crippen LogP contribution in [0.3, 0.4) is 0 Å². The average Bonchev–Trinajstić information content (AvgIpc) is 3.27. The van der Waals surface area contributed by atoms with Gasteiger partial charge in [0.2, 0.25) is 16.9 Å². The van der Waals surface area contributed by atoms with Gasteiger partial charge >= 0.3 is 0 Å². The molecule has 2 aromatic rings. The van der Waals surface area contributed by atoms with Gasteiger partial charge in [0.15, 0.2) is 0 Å². The SMILES string of the molecule is O=C(Nc1nncs1)[C@H]1CCCN(C(=O)C2(c3cccc(Cl)c3)CCCCC2)C1. The summed E-state index contributed by atoms with van der Waals surface area (Å²) in [6.45, 7) is 1.15. The van der Waals surface area contributed by atoms with Crippen molar-refractivity contribution in [2.24, 2.45) is 5.92 Å². The smallest absolute Gasteiger partial charge is 0.233 e. The number of aromatic nitrogens is 2. The monoisotopic (exact) mass is 432 g/mol. The van der Waals surface area contributed by atoms with Crippen LogP contribution >= 0.6 is 22.9 Å². The van der Waals surface area contributed by atoms with Crippen LogP contribution in [0.15, 0.2) is 29.8 Å². The molecular weight excluding hydrogens is 408 g/mol. The third-order valence-electron chi connectivity index (χ3n) is 6.16. The molecule has 1 saturated carbocycles. The van der Waals surface area contributed by atoms with E-state index in [-0.39, 0.29) is 17.7 Å². The Bertz CT molecular complexity index is 867. The lowest BCUT2D eigenvalue weighted by atomic mass is 9.68. The fourth-order valence-electron chi connectivity index (χ4n) is 4.68. The number of carbonyl (C=O) groups excluding carboxylic acids is 2. The number of carbonyl (C=O) groups is 2. The fraction of sp³-hybridized carbons (Fsp3) is 0.524. The summed E-state index contributed by atoms with van der Waals surface area (Å²) in [6.07, 6.45) is 6.50. The van der Waals surface area contributed by atoms with E-state index in [2.05, 4.69) is 15.5 Å². The van der Waals surface area contributed by atoms with E-state index < -0.39 is 5.41 Å². The van der Waals surface area contributed by atoms with Crippen LogP contribution in [0.1, 0.15) is 50.5 Å². The van der Waals surface area contributed by atoms with Gasteiger partial charge in [0.1, 0.15) is 5.51 Å². The normalized spacial score (nSPS) is 21.6. The molecule has 154 valence electrons. The second-order valence-corrected chi connectivity index (χ2v) is 9.25. The van der Waals surface area contributed by atoms with Crippen LogP contribution < -0.4 is 5.32 Å². The summed E-state index contributed by atoms with van der Waals surface area (Å²) < 4.78 is 0. The maximum Gasteiger partial charge on any atom is 0.233 e. The van der Waals surface area contributed by atoms with E-state index in [9.17, 15) is 9.59 Å². The van der Waals surface area contributed by atoms with Crippen LogP contribution in [0, 0.1) is 5.92 Å². The van der Waals surface area contributed by atoms with Gasteiger partial charge in [-0.1, -0.05) is 54.3 Å². The molecule has 0 unspecified atom stereocenters. The first-order valence-electron chi connectivity index (χ1n) is 10.2. The maximum atomic E-state index is 13.8. The first kappa shape index (κ1) is 20.3. The van der Waals surface area contributed by atoms with E-state index >= 15 is 0 Å². The lowest BCUT2D eigenvalue weighted by molar-refractivity contribution is -0.141. The van der Waals surface area contributed by atoms with Crippen LogP contribution in [-0.4, -0.2) is 40.0 Å². The van der Waals surface area contributed by atoms with Crippen molar-refractivity contribution in [3.63, 3.8) is 0 Å². The van der Waals surface area contributed by atoms with Crippen LogP contribution in [0.4, 0.5) is 5.13 Å². The molecule has 1 atom stereocenters. The molecule has 29 heavy (non-hydrogen) atoms. The molecule has 1 aromatic heterocycles. The third kappa shape index (κ3) is 4.31. The van der Waals surface area contributed by atoms with Gasteiger partial charge in [0.05, 0.1) is 11.3 Å². The molecule has 0 spiro atoms. The minimum Gasteiger partial charge on any atom is -0.341 e. The molecule has 1 N–H and O–H groups in total. The highest BCUT2D eigenvalue weighted by Gasteiger charge is 2.45. The Morgan fingerprint density at radius 2 is 2.03 bits per heavy atom. The van der Waals surface area contributed by atoms with Crippen molar-refractivity contribution >= 4 is 39.9 Å². The molecule has 1 aromatic carbocycles. The summed E-state index contributed by atoms with van der Waals surface area (Å²) in [5.74, 6) is -0.163. The molecule has 1 aliphatic carbocycles. The van der Waals surface area contributed by atoms with Crippen molar-refractivity contribution < 1.29 is 9.59 Å². The molecular formula is C21H25ClN4O2S. The van der Waals surface area contributed by atoms with Crippen LogP contribution in [-0.2, 0) is 15.0 Å². The molecule has 2 heterocycles. The zero-order valence-electron chi connectivity index (χ0n) is 16.3. The molecule has 2 fully saturated rings. The van der Waals surface area contributed by atoms with Gasteiger partial charge in [0.25, 0.3) is 0 Å². The summed E-state index contributed by atoms with van der Waals surface area (Å²) in [7, 11) is 0. The Morgan fingerprint density at radius 1 is 1.21 bits per heavy atom. The maximum absolute atomic E-state index is 13.8. The quantitative estimate of drug-likeness (QED) is 0.782. The Balaban J connectivity index is 1.53. The number of piperidine rings is 1. The van der Waals surface area contributed by atoms with E-state index in [1.54, 1.807) is 5.51 Å². The molecule has 0 radical (unpaired) electrons. The molecule has 1 saturated heterocycles. The largest absolute Gasteiger partial charge is 0.341 e. The van der Waals surface area contributed by atoms with Gasteiger partial charge in [-0.05, 0) is 43.4 Å². The Morgan fingerprint density at radius 3 is 2.76 bits per heavy atom. The van der Waals surface area contributed by atoms with Gasteiger partial charge in [-0.15, -0.1) is 10.2 Å². The second-order valence-electron chi connectivity index (χ2n) is 7.98. The van der Waals surface area contributed by atoms with Crippen molar-refractivity contribution in [2.75, 3.05) is 18.4 Å². The highest BCUT2D eigenvalue weighted by Crippen LogP contribution is 2.42. The molecule has 1 aliphatic heterocycles. The van der Waals surface area contributed by atoms with Gasteiger partial charge in [-0.2, -0.15) is 0 Å². The molecule has 6 nitrogen and oxygen atoms in total. The first-order chi connectivity index (χ1) is 14.1. The summed E-state index contributed by atoms with van der Waals surface area (Å²) in [4.78, 5) is 28.4. The number of nitrogens with one attached hydrogen (secondary N) is 1. The van der Waals surface area contributed by atoms with Crippen molar-refractivity contribution in [3.8, 4) is 0 Å². The Labute approximate surface area is 179 Å². The van der Waals surface area contributed by atoms with Crippen molar-refractivity contribution in [1.29, 1.82) is 0 Å². The summed E-state index contributed by atoms with van der Waals surface area (Å²) in [6, 6.07) is 7.74. The number of hydrogen-bond acceptors (Lipinski definition) is 5. The molecule has 4 rings (SSSR count). The van der Waals surface area contributed by atoms with Gasteiger partial charge in [-0.25, -0.2) is 0 Å². The predicted molar refractivity (Wildman–Crippen MR) is 114 cm³/mol. The standard InChI is InChI=1S/C21H25ClN4O2S/c22-17-8-4-7-16(12-17)21(9-2-1-3-10-21)19(28)26-11-5-6-15(13-26)18(27)24-20-25-23-14-29-20/h4,7-8,12,14-15H,1-3,5-6,9-11,13H2,(H,24,25,27)/t15-/m0/s1. The predicted octanol–water partition coefficient (Wildman–Crippen LogP) is 4.27. The number of rotatable bonds is 4. The second kappa shape index (κ2) is 8.79. The van der Waals surface area contributed by atoms with Crippen LogP contribution in [0.2, 0.25) is 5.02 Å². The summed E-state index contributed by atoms with van der Waals surface area (Å²) in [5, 5.41) is 11.6. The Kier molecular flexibility index (Phi) is 6.15. The zero-order valence-corrected chi connectivity index (χ0v) is 17.8. The number of anilines is 1. The first-order valence-corrected chi connectivity index (χ1v) is 11.5. The highest BCUT2D eigenvalue weighted by molar-refractivity contribution is 7.13. The summed E-state index contributed by atoms with van der Waals surface area (Å²) >= 11 is 7.56. The number of nitrogens with zero attached hydrogens (tertiary/aromatic N) is 3. The Hall–Kier alpha value is -1.99. The molecule has 2 amide bonds. The van der Waals surface area contributed by atoms with Crippen molar-refractivity contribution in [3.05, 3.63) is 40.4 Å². The summed E-state index contributed by atoms with van der Waals surface area (Å²) in [5.41, 5.74) is 2.07. The van der Waals surface area contributed by atoms with Crippen LogP contribution in [0.25, 0.3) is 0 Å². The molecule has 8 heteroatoms. The minimum atomic E-state index is -0.527. The van der Waals surface area contributed by atoms with E-state index in [4.69, 9.17) is 11.6 Å². The number of halogens is 1. The third-order valence-corrected chi connectivity index (χ3v) is 7.01. The molecule has 0 bridgehead atoms. The van der Waals surface area contributed by atoms with Gasteiger partial charge in [-0.3, -0.25) is 9.59 Å². The van der Waals surface area contributed by atoms with Crippen molar-refractivity contribution in [2.45, 2.75) is 50.4 Å². The number of amides is 2. The number of benzene rings is 1. The van der Waals surface area contributed by atoms with E-state index in [0.29, 0.717) is 23.2 Å². The fourth-order valence-corrected chi connectivity index (χ4v) is 5.32. The van der Waals surface area contributed by atoms with Gasteiger partial charge < -0.3 is 10.2 Å². The lowest BCUT2D eigenvalue weighted by Crippen LogP contribution is -2.52. The lowest BCUT2D eigenvalue weighted by Gasteiger charge is -2.42. The minimum absolute atomic E-state index is 0.0836. The molecule has 2 aliphatic rings. The zero-order chi connectivity index (χ0) is 20.3.